The summed E-state index contributed by atoms with van der Waals surface area (Å²) in [6.45, 7) is 5.98. The van der Waals surface area contributed by atoms with Gasteiger partial charge in [0.25, 0.3) is 0 Å². The van der Waals surface area contributed by atoms with Gasteiger partial charge in [0, 0.05) is 25.0 Å². The molecule has 2 N–H and O–H groups in total. The minimum Gasteiger partial charge on any atom is -0.387 e. The van der Waals surface area contributed by atoms with E-state index in [0.29, 0.717) is 0 Å². The first kappa shape index (κ1) is 15.7. The summed E-state index contributed by atoms with van der Waals surface area (Å²) in [5.74, 6) is 0. The van der Waals surface area contributed by atoms with Crippen molar-refractivity contribution in [3.8, 4) is 0 Å². The highest BCUT2D eigenvalue weighted by molar-refractivity contribution is 5.24. The normalized spacial score (nSPS) is 14.0. The highest BCUT2D eigenvalue weighted by atomic mass is 16.3. The van der Waals surface area contributed by atoms with Crippen molar-refractivity contribution < 1.29 is 5.11 Å². The summed E-state index contributed by atoms with van der Waals surface area (Å²) >= 11 is 0. The number of nitrogens with one attached hydrogen (secondary N) is 1. The predicted molar refractivity (Wildman–Crippen MR) is 85.1 cm³/mol. The summed E-state index contributed by atoms with van der Waals surface area (Å²) in [4.78, 5) is 4.02. The molecule has 0 fully saturated rings. The Kier molecular flexibility index (Phi) is 5.96. The van der Waals surface area contributed by atoms with E-state index in [1.54, 1.807) is 6.20 Å². The topological polar surface area (TPSA) is 50.1 Å². The SMILES string of the molecule is CCc1ccc(C(O)C(C)NCCCn2ccnc2)cc1. The lowest BCUT2D eigenvalue weighted by Crippen LogP contribution is -2.33. The number of aliphatic hydroxyl groups excluding tert-OH is 1. The van der Waals surface area contributed by atoms with Gasteiger partial charge in [-0.3, -0.25) is 0 Å². The number of imidazole rings is 1. The minimum absolute atomic E-state index is 0.0419. The summed E-state index contributed by atoms with van der Waals surface area (Å²) in [5, 5.41) is 13.7. The highest BCUT2D eigenvalue weighted by Crippen LogP contribution is 2.17. The maximum absolute atomic E-state index is 10.4. The lowest BCUT2D eigenvalue weighted by atomic mass is 10.0. The zero-order valence-corrected chi connectivity index (χ0v) is 12.9. The third-order valence-corrected chi connectivity index (χ3v) is 3.82. The number of rotatable bonds is 8. The summed E-state index contributed by atoms with van der Waals surface area (Å²) in [5.41, 5.74) is 2.27. The van der Waals surface area contributed by atoms with Crippen LogP contribution in [-0.2, 0) is 13.0 Å². The Hall–Kier alpha value is -1.65. The molecule has 0 radical (unpaired) electrons. The average molecular weight is 287 g/mol. The van der Waals surface area contributed by atoms with Gasteiger partial charge in [0.2, 0.25) is 0 Å². The van der Waals surface area contributed by atoms with Crippen molar-refractivity contribution in [2.45, 2.75) is 45.4 Å². The van der Waals surface area contributed by atoms with Crippen LogP contribution in [0.5, 0.6) is 0 Å². The van der Waals surface area contributed by atoms with Gasteiger partial charge in [0.1, 0.15) is 0 Å². The lowest BCUT2D eigenvalue weighted by Gasteiger charge is -2.21. The lowest BCUT2D eigenvalue weighted by molar-refractivity contribution is 0.136. The fourth-order valence-electron chi connectivity index (χ4n) is 2.36. The molecular weight excluding hydrogens is 262 g/mol. The molecule has 21 heavy (non-hydrogen) atoms. The van der Waals surface area contributed by atoms with E-state index in [9.17, 15) is 5.11 Å². The van der Waals surface area contributed by atoms with Crippen molar-refractivity contribution in [1.82, 2.24) is 14.9 Å². The Morgan fingerprint density at radius 3 is 2.67 bits per heavy atom. The first-order valence-corrected chi connectivity index (χ1v) is 7.66. The summed E-state index contributed by atoms with van der Waals surface area (Å²) in [6.07, 6.45) is 7.16. The smallest absolute Gasteiger partial charge is 0.0945 e. The molecule has 0 aliphatic carbocycles. The fourth-order valence-corrected chi connectivity index (χ4v) is 2.36. The fraction of sp³-hybridized carbons (Fsp3) is 0.471. The maximum Gasteiger partial charge on any atom is 0.0945 e. The summed E-state index contributed by atoms with van der Waals surface area (Å²) in [7, 11) is 0. The molecule has 4 nitrogen and oxygen atoms in total. The van der Waals surface area contributed by atoms with Gasteiger partial charge in [-0.2, -0.15) is 0 Å². The van der Waals surface area contributed by atoms with E-state index in [0.717, 1.165) is 31.5 Å². The van der Waals surface area contributed by atoms with Crippen LogP contribution in [0.1, 0.15) is 37.5 Å². The molecule has 0 saturated heterocycles. The van der Waals surface area contributed by atoms with Crippen molar-refractivity contribution in [2.24, 2.45) is 0 Å². The molecule has 0 amide bonds. The quantitative estimate of drug-likeness (QED) is 0.734. The van der Waals surface area contributed by atoms with Gasteiger partial charge < -0.3 is 15.0 Å². The van der Waals surface area contributed by atoms with Crippen LogP contribution < -0.4 is 5.32 Å². The maximum atomic E-state index is 10.4. The zero-order valence-electron chi connectivity index (χ0n) is 12.9. The second kappa shape index (κ2) is 7.96. The van der Waals surface area contributed by atoms with Crippen LogP contribution in [0.15, 0.2) is 43.0 Å². The molecule has 114 valence electrons. The molecule has 1 aromatic carbocycles. The molecule has 2 unspecified atom stereocenters. The molecular formula is C17H25N3O. The number of aliphatic hydroxyl groups is 1. The van der Waals surface area contributed by atoms with Gasteiger partial charge in [-0.05, 0) is 37.4 Å². The van der Waals surface area contributed by atoms with E-state index >= 15 is 0 Å². The van der Waals surface area contributed by atoms with Crippen LogP contribution in [0, 0.1) is 0 Å². The molecule has 1 aromatic heterocycles. The number of aromatic nitrogens is 2. The zero-order chi connectivity index (χ0) is 15.1. The van der Waals surface area contributed by atoms with Crippen molar-refractivity contribution in [3.63, 3.8) is 0 Å². The second-order valence-electron chi connectivity index (χ2n) is 5.44. The first-order chi connectivity index (χ1) is 10.2. The van der Waals surface area contributed by atoms with Crippen molar-refractivity contribution in [3.05, 3.63) is 54.1 Å². The van der Waals surface area contributed by atoms with Gasteiger partial charge in [-0.1, -0.05) is 31.2 Å². The second-order valence-corrected chi connectivity index (χ2v) is 5.44. The molecule has 0 spiro atoms. The number of hydrogen-bond donors (Lipinski definition) is 2. The molecule has 4 heteroatoms. The minimum atomic E-state index is -0.468. The van der Waals surface area contributed by atoms with Gasteiger partial charge in [-0.25, -0.2) is 4.98 Å². The Morgan fingerprint density at radius 2 is 2.05 bits per heavy atom. The van der Waals surface area contributed by atoms with Crippen molar-refractivity contribution in [1.29, 1.82) is 0 Å². The Labute approximate surface area is 126 Å². The monoisotopic (exact) mass is 287 g/mol. The average Bonchev–Trinajstić information content (AvgIpc) is 3.04. The molecule has 0 aliphatic rings. The van der Waals surface area contributed by atoms with E-state index in [1.807, 2.05) is 31.6 Å². The Bertz CT molecular complexity index is 507. The van der Waals surface area contributed by atoms with E-state index in [4.69, 9.17) is 0 Å². The van der Waals surface area contributed by atoms with Crippen LogP contribution in [0.25, 0.3) is 0 Å². The van der Waals surface area contributed by atoms with Crippen LogP contribution in [-0.4, -0.2) is 27.2 Å². The van der Waals surface area contributed by atoms with E-state index in [-0.39, 0.29) is 6.04 Å². The van der Waals surface area contributed by atoms with Crippen LogP contribution in [0.2, 0.25) is 0 Å². The van der Waals surface area contributed by atoms with Gasteiger partial charge >= 0.3 is 0 Å². The number of nitrogens with zero attached hydrogens (tertiary/aromatic N) is 2. The highest BCUT2D eigenvalue weighted by Gasteiger charge is 2.15. The predicted octanol–water partition coefficient (Wildman–Crippen LogP) is 2.55. The molecule has 0 saturated carbocycles. The number of hydrogen-bond acceptors (Lipinski definition) is 3. The van der Waals surface area contributed by atoms with Gasteiger partial charge in [0.15, 0.2) is 0 Å². The number of aryl methyl sites for hydroxylation is 2. The van der Waals surface area contributed by atoms with Crippen molar-refractivity contribution >= 4 is 0 Å². The third kappa shape index (κ3) is 4.69. The van der Waals surface area contributed by atoms with Gasteiger partial charge in [-0.15, -0.1) is 0 Å². The van der Waals surface area contributed by atoms with Crippen LogP contribution in [0.3, 0.4) is 0 Å². The van der Waals surface area contributed by atoms with Crippen LogP contribution >= 0.6 is 0 Å². The summed E-state index contributed by atoms with van der Waals surface area (Å²) < 4.78 is 2.06. The molecule has 2 rings (SSSR count). The van der Waals surface area contributed by atoms with E-state index in [1.165, 1.54) is 5.56 Å². The Morgan fingerprint density at radius 1 is 1.29 bits per heavy atom. The standard InChI is InChI=1S/C17H25N3O/c1-3-15-5-7-16(8-6-15)17(21)14(2)19-9-4-11-20-12-10-18-13-20/h5-8,10,12-14,17,19,21H,3-4,9,11H2,1-2H3. The largest absolute Gasteiger partial charge is 0.387 e. The van der Waals surface area contributed by atoms with Crippen LogP contribution in [0.4, 0.5) is 0 Å². The first-order valence-electron chi connectivity index (χ1n) is 7.66. The van der Waals surface area contributed by atoms with E-state index < -0.39 is 6.10 Å². The number of benzene rings is 1. The molecule has 2 aromatic rings. The third-order valence-electron chi connectivity index (χ3n) is 3.82. The molecule has 1 heterocycles. The van der Waals surface area contributed by atoms with E-state index in [2.05, 4.69) is 33.9 Å². The van der Waals surface area contributed by atoms with Gasteiger partial charge in [0.05, 0.1) is 12.4 Å². The van der Waals surface area contributed by atoms with Crippen molar-refractivity contribution in [2.75, 3.05) is 6.54 Å². The Balaban J connectivity index is 1.74. The molecule has 0 aliphatic heterocycles. The molecule has 0 bridgehead atoms. The molecule has 2 atom stereocenters. The summed E-state index contributed by atoms with van der Waals surface area (Å²) in [6, 6.07) is 8.26.